The molecule has 2 N–H and O–H groups in total. The Balaban J connectivity index is 2.07. The lowest BCUT2D eigenvalue weighted by Crippen LogP contribution is -2.35. The lowest BCUT2D eigenvalue weighted by molar-refractivity contribution is -0.139. The minimum absolute atomic E-state index is 0.167. The van der Waals surface area contributed by atoms with E-state index in [0.29, 0.717) is 6.54 Å². The number of phenolic OH excluding ortho intramolecular Hbond substituents is 1. The monoisotopic (exact) mass is 249 g/mol. The first-order chi connectivity index (χ1) is 8.66. The zero-order valence-electron chi connectivity index (χ0n) is 10.4. The Morgan fingerprint density at radius 2 is 1.78 bits per heavy atom. The number of hydrogen-bond donors (Lipinski definition) is 2. The molecule has 98 valence electrons. The number of carboxylic acids is 1. The standard InChI is InChI=1S/C14H19NO3/c16-12-6-4-11(5-7-12)13(14(17)18)10-15-8-2-1-3-9-15/h4-7,13,16H,1-3,8-10H2,(H,17,18). The van der Waals surface area contributed by atoms with Crippen LogP contribution in [0.1, 0.15) is 30.7 Å². The lowest BCUT2D eigenvalue weighted by Gasteiger charge is -2.29. The molecule has 4 nitrogen and oxygen atoms in total. The van der Waals surface area contributed by atoms with Crippen LogP contribution < -0.4 is 0 Å². The predicted octanol–water partition coefficient (Wildman–Crippen LogP) is 2.05. The van der Waals surface area contributed by atoms with Crippen LogP contribution in [0.3, 0.4) is 0 Å². The van der Waals surface area contributed by atoms with E-state index in [9.17, 15) is 15.0 Å². The molecule has 1 atom stereocenters. The summed E-state index contributed by atoms with van der Waals surface area (Å²) in [6.07, 6.45) is 3.55. The van der Waals surface area contributed by atoms with Crippen LogP contribution in [0.25, 0.3) is 0 Å². The molecule has 18 heavy (non-hydrogen) atoms. The van der Waals surface area contributed by atoms with E-state index < -0.39 is 11.9 Å². The van der Waals surface area contributed by atoms with Crippen molar-refractivity contribution in [2.45, 2.75) is 25.2 Å². The van der Waals surface area contributed by atoms with Crippen LogP contribution in [-0.2, 0) is 4.79 Å². The third-order valence-electron chi connectivity index (χ3n) is 3.48. The normalized spacial score (nSPS) is 18.4. The molecule has 1 unspecified atom stereocenters. The Morgan fingerprint density at radius 1 is 1.17 bits per heavy atom. The highest BCUT2D eigenvalue weighted by Crippen LogP contribution is 2.22. The molecule has 1 aromatic rings. The van der Waals surface area contributed by atoms with Gasteiger partial charge in [0.15, 0.2) is 0 Å². The number of carbonyl (C=O) groups is 1. The van der Waals surface area contributed by atoms with Gasteiger partial charge in [0, 0.05) is 6.54 Å². The zero-order chi connectivity index (χ0) is 13.0. The highest BCUT2D eigenvalue weighted by Gasteiger charge is 2.23. The molecule has 1 saturated heterocycles. The third kappa shape index (κ3) is 3.23. The van der Waals surface area contributed by atoms with E-state index in [-0.39, 0.29) is 5.75 Å². The minimum atomic E-state index is -0.800. The second-order valence-corrected chi connectivity index (χ2v) is 4.84. The molecule has 2 rings (SSSR count). The number of rotatable bonds is 4. The molecule has 0 bridgehead atoms. The molecule has 1 fully saturated rings. The molecular weight excluding hydrogens is 230 g/mol. The summed E-state index contributed by atoms with van der Waals surface area (Å²) in [5.74, 6) is -1.14. The van der Waals surface area contributed by atoms with E-state index in [1.165, 1.54) is 6.42 Å². The number of likely N-dealkylation sites (tertiary alicyclic amines) is 1. The highest BCUT2D eigenvalue weighted by atomic mass is 16.4. The molecule has 4 heteroatoms. The fourth-order valence-corrected chi connectivity index (χ4v) is 2.43. The van der Waals surface area contributed by atoms with Crippen molar-refractivity contribution >= 4 is 5.97 Å². The fourth-order valence-electron chi connectivity index (χ4n) is 2.43. The van der Waals surface area contributed by atoms with Crippen LogP contribution >= 0.6 is 0 Å². The molecule has 1 aliphatic heterocycles. The molecule has 0 aliphatic carbocycles. The van der Waals surface area contributed by atoms with E-state index in [0.717, 1.165) is 31.5 Å². The maximum Gasteiger partial charge on any atom is 0.312 e. The second kappa shape index (κ2) is 5.87. The summed E-state index contributed by atoms with van der Waals surface area (Å²) in [6.45, 7) is 2.53. The number of piperidine rings is 1. The highest BCUT2D eigenvalue weighted by molar-refractivity contribution is 5.76. The van der Waals surface area contributed by atoms with Gasteiger partial charge in [-0.1, -0.05) is 18.6 Å². The smallest absolute Gasteiger partial charge is 0.312 e. The van der Waals surface area contributed by atoms with E-state index >= 15 is 0 Å². The number of aromatic hydroxyl groups is 1. The molecule has 0 amide bonds. The topological polar surface area (TPSA) is 60.8 Å². The van der Waals surface area contributed by atoms with Gasteiger partial charge in [0.1, 0.15) is 5.75 Å². The average Bonchev–Trinajstić information content (AvgIpc) is 2.38. The van der Waals surface area contributed by atoms with Gasteiger partial charge in [-0.25, -0.2) is 0 Å². The molecule has 1 aliphatic rings. The Morgan fingerprint density at radius 3 is 2.33 bits per heavy atom. The van der Waals surface area contributed by atoms with Crippen LogP contribution in [0.2, 0.25) is 0 Å². The second-order valence-electron chi connectivity index (χ2n) is 4.84. The van der Waals surface area contributed by atoms with Gasteiger partial charge in [0.2, 0.25) is 0 Å². The van der Waals surface area contributed by atoms with Crippen molar-refractivity contribution in [2.24, 2.45) is 0 Å². The Kier molecular flexibility index (Phi) is 4.20. The van der Waals surface area contributed by atoms with Gasteiger partial charge in [-0.15, -0.1) is 0 Å². The van der Waals surface area contributed by atoms with E-state index in [1.807, 2.05) is 0 Å². The Hall–Kier alpha value is -1.55. The summed E-state index contributed by atoms with van der Waals surface area (Å²) >= 11 is 0. The maximum absolute atomic E-state index is 11.4. The van der Waals surface area contributed by atoms with Gasteiger partial charge in [0.05, 0.1) is 5.92 Å². The summed E-state index contributed by atoms with van der Waals surface area (Å²) in [4.78, 5) is 13.6. The molecule has 0 spiro atoms. The zero-order valence-corrected chi connectivity index (χ0v) is 10.4. The van der Waals surface area contributed by atoms with Crippen molar-refractivity contribution in [2.75, 3.05) is 19.6 Å². The van der Waals surface area contributed by atoms with Gasteiger partial charge in [-0.2, -0.15) is 0 Å². The number of phenols is 1. The van der Waals surface area contributed by atoms with E-state index in [1.54, 1.807) is 24.3 Å². The molecular formula is C14H19NO3. The van der Waals surface area contributed by atoms with Crippen LogP contribution in [0, 0.1) is 0 Å². The van der Waals surface area contributed by atoms with Gasteiger partial charge in [-0.05, 0) is 43.6 Å². The third-order valence-corrected chi connectivity index (χ3v) is 3.48. The lowest BCUT2D eigenvalue weighted by atomic mass is 9.97. The van der Waals surface area contributed by atoms with Gasteiger partial charge in [-0.3, -0.25) is 4.79 Å². The Bertz CT molecular complexity index is 396. The van der Waals surface area contributed by atoms with Crippen molar-refractivity contribution in [3.05, 3.63) is 29.8 Å². The number of hydrogen-bond acceptors (Lipinski definition) is 3. The van der Waals surface area contributed by atoms with Crippen molar-refractivity contribution in [1.82, 2.24) is 4.90 Å². The number of aliphatic carboxylic acids is 1. The summed E-state index contributed by atoms with van der Waals surface area (Å²) in [7, 11) is 0. The maximum atomic E-state index is 11.4. The molecule has 1 aromatic carbocycles. The summed E-state index contributed by atoms with van der Waals surface area (Å²) in [6, 6.07) is 6.47. The quantitative estimate of drug-likeness (QED) is 0.857. The van der Waals surface area contributed by atoms with Crippen LogP contribution in [0.4, 0.5) is 0 Å². The first-order valence-electron chi connectivity index (χ1n) is 6.41. The number of carboxylic acid groups (broad SMARTS) is 1. The minimum Gasteiger partial charge on any atom is -0.508 e. The average molecular weight is 249 g/mol. The molecule has 1 heterocycles. The van der Waals surface area contributed by atoms with Gasteiger partial charge >= 0.3 is 5.97 Å². The number of benzene rings is 1. The fraction of sp³-hybridized carbons (Fsp3) is 0.500. The first-order valence-corrected chi connectivity index (χ1v) is 6.41. The molecule has 0 aromatic heterocycles. The van der Waals surface area contributed by atoms with Gasteiger partial charge in [0.25, 0.3) is 0 Å². The SMILES string of the molecule is O=C(O)C(CN1CCCCC1)c1ccc(O)cc1. The van der Waals surface area contributed by atoms with Crippen molar-refractivity contribution < 1.29 is 15.0 Å². The summed E-state index contributed by atoms with van der Waals surface area (Å²) in [5.41, 5.74) is 0.755. The molecule has 0 saturated carbocycles. The first kappa shape index (κ1) is 12.9. The molecule has 0 radical (unpaired) electrons. The van der Waals surface area contributed by atoms with E-state index in [2.05, 4.69) is 4.90 Å². The van der Waals surface area contributed by atoms with E-state index in [4.69, 9.17) is 0 Å². The van der Waals surface area contributed by atoms with Gasteiger partial charge < -0.3 is 15.1 Å². The summed E-state index contributed by atoms with van der Waals surface area (Å²) in [5, 5.41) is 18.6. The van der Waals surface area contributed by atoms with Crippen LogP contribution in [0.15, 0.2) is 24.3 Å². The van der Waals surface area contributed by atoms with Crippen LogP contribution in [-0.4, -0.2) is 40.7 Å². The van der Waals surface area contributed by atoms with Crippen molar-refractivity contribution in [3.8, 4) is 5.75 Å². The summed E-state index contributed by atoms with van der Waals surface area (Å²) < 4.78 is 0. The largest absolute Gasteiger partial charge is 0.508 e. The predicted molar refractivity (Wildman–Crippen MR) is 68.8 cm³/mol. The Labute approximate surface area is 107 Å². The van der Waals surface area contributed by atoms with Crippen molar-refractivity contribution in [1.29, 1.82) is 0 Å². The van der Waals surface area contributed by atoms with Crippen LogP contribution in [0.5, 0.6) is 5.75 Å². The van der Waals surface area contributed by atoms with Crippen molar-refractivity contribution in [3.63, 3.8) is 0 Å². The number of nitrogens with zero attached hydrogens (tertiary/aromatic N) is 1.